The van der Waals surface area contributed by atoms with Gasteiger partial charge in [-0.2, -0.15) is 8.42 Å². The van der Waals surface area contributed by atoms with Crippen LogP contribution in [0.5, 0.6) is 0 Å². The second-order valence-electron chi connectivity index (χ2n) is 12.8. The summed E-state index contributed by atoms with van der Waals surface area (Å²) in [4.78, 5) is 12.5. The van der Waals surface area contributed by atoms with Crippen molar-refractivity contribution >= 4 is 16.0 Å². The van der Waals surface area contributed by atoms with E-state index in [1.165, 1.54) is 57.8 Å². The molecular weight excluding hydrogens is 619 g/mol. The van der Waals surface area contributed by atoms with Crippen molar-refractivity contribution in [1.29, 1.82) is 0 Å². The first kappa shape index (κ1) is 45.8. The molecule has 7 heteroatoms. The highest BCUT2D eigenvalue weighted by atomic mass is 32.2. The van der Waals surface area contributed by atoms with E-state index in [0.717, 1.165) is 70.6 Å². The topological polar surface area (TPSA) is 104 Å². The number of aliphatic hydroxyl groups excluding tert-OH is 1. The first-order valence-electron chi connectivity index (χ1n) is 19.1. The third-order valence-electron chi connectivity index (χ3n) is 8.18. The van der Waals surface area contributed by atoms with Crippen LogP contribution in [0.2, 0.25) is 0 Å². The molecule has 48 heavy (non-hydrogen) atoms. The Balaban J connectivity index is 4.03. The van der Waals surface area contributed by atoms with Crippen LogP contribution in [0.1, 0.15) is 162 Å². The van der Waals surface area contributed by atoms with Crippen molar-refractivity contribution in [2.75, 3.05) is 5.75 Å². The van der Waals surface area contributed by atoms with Crippen molar-refractivity contribution in [3.05, 3.63) is 72.9 Å². The quantitative estimate of drug-likeness (QED) is 0.0361. The van der Waals surface area contributed by atoms with E-state index in [9.17, 15) is 22.9 Å². The fourth-order valence-corrected chi connectivity index (χ4v) is 6.10. The van der Waals surface area contributed by atoms with Gasteiger partial charge in [0.05, 0.1) is 17.9 Å². The van der Waals surface area contributed by atoms with Gasteiger partial charge in [0.2, 0.25) is 5.91 Å². The Morgan fingerprint density at radius 1 is 0.583 bits per heavy atom. The lowest BCUT2D eigenvalue weighted by atomic mass is 10.0. The summed E-state index contributed by atoms with van der Waals surface area (Å²) in [5, 5.41) is 13.3. The van der Waals surface area contributed by atoms with E-state index in [2.05, 4.69) is 92.1 Å². The Labute approximate surface area is 295 Å². The van der Waals surface area contributed by atoms with Crippen molar-refractivity contribution in [3.8, 4) is 0 Å². The van der Waals surface area contributed by atoms with Gasteiger partial charge < -0.3 is 10.4 Å². The van der Waals surface area contributed by atoms with Crippen LogP contribution in [-0.2, 0) is 14.9 Å². The predicted molar refractivity (Wildman–Crippen MR) is 207 cm³/mol. The molecule has 0 spiro atoms. The van der Waals surface area contributed by atoms with Crippen molar-refractivity contribution in [3.63, 3.8) is 0 Å². The van der Waals surface area contributed by atoms with Crippen LogP contribution in [0, 0.1) is 0 Å². The van der Waals surface area contributed by atoms with E-state index in [4.69, 9.17) is 0 Å². The van der Waals surface area contributed by atoms with Gasteiger partial charge in [0.1, 0.15) is 0 Å². The first-order chi connectivity index (χ1) is 23.3. The van der Waals surface area contributed by atoms with Gasteiger partial charge in [-0.05, 0) is 64.2 Å². The largest absolute Gasteiger partial charge is 0.391 e. The minimum atomic E-state index is -4.32. The molecule has 276 valence electrons. The molecule has 0 bridgehead atoms. The van der Waals surface area contributed by atoms with Crippen LogP contribution in [0.4, 0.5) is 0 Å². The third-order valence-corrected chi connectivity index (χ3v) is 8.96. The lowest BCUT2D eigenvalue weighted by Crippen LogP contribution is -2.47. The number of carbonyl (C=O) groups excluding carboxylic acids is 1. The highest BCUT2D eigenvalue weighted by molar-refractivity contribution is 7.85. The van der Waals surface area contributed by atoms with Gasteiger partial charge in [0.25, 0.3) is 10.1 Å². The molecule has 1 amide bonds. The molecule has 0 aliphatic carbocycles. The first-order valence-corrected chi connectivity index (χ1v) is 20.7. The minimum absolute atomic E-state index is 0.260. The highest BCUT2D eigenvalue weighted by Crippen LogP contribution is 2.14. The Kier molecular flexibility index (Phi) is 33.0. The van der Waals surface area contributed by atoms with Crippen LogP contribution < -0.4 is 5.32 Å². The maximum atomic E-state index is 12.5. The van der Waals surface area contributed by atoms with E-state index < -0.39 is 28.0 Å². The number of carbonyl (C=O) groups is 1. The van der Waals surface area contributed by atoms with E-state index >= 15 is 0 Å². The average Bonchev–Trinajstić information content (AvgIpc) is 3.05. The molecule has 0 aliphatic rings. The maximum Gasteiger partial charge on any atom is 0.266 e. The zero-order chi connectivity index (χ0) is 35.4. The number of hydrogen-bond donors (Lipinski definition) is 3. The summed E-state index contributed by atoms with van der Waals surface area (Å²) < 4.78 is 32.4. The molecular formula is C41H71NO5S. The van der Waals surface area contributed by atoms with Crippen LogP contribution in [0.15, 0.2) is 72.9 Å². The number of amides is 1. The van der Waals surface area contributed by atoms with Gasteiger partial charge in [-0.15, -0.1) is 0 Å². The van der Waals surface area contributed by atoms with Crippen molar-refractivity contribution < 1.29 is 22.9 Å². The molecule has 0 aromatic rings. The number of unbranched alkanes of at least 4 members (excludes halogenated alkanes) is 13. The molecule has 0 aromatic carbocycles. The standard InChI is InChI=1S/C41H71NO5S/c1-3-5-7-9-11-13-15-17-18-19-20-21-22-23-24-25-27-29-31-33-35-37-41(44)42-39(38-48(45,46)47)40(43)36-34-32-30-28-26-16-14-12-10-8-6-4-2/h5,7,11,13,17-18,20-21,23-24,27,29,39-40,43H,3-4,6,8-10,12,14-16,19,22,25-26,28,30-38H2,1-2H3,(H,42,44)(H,45,46,47)/b7-5-,13-11-,18-17-,21-20-,24-23-,29-27-. The number of allylic oxidation sites excluding steroid dienone is 12. The van der Waals surface area contributed by atoms with Crippen molar-refractivity contribution in [2.24, 2.45) is 0 Å². The van der Waals surface area contributed by atoms with Gasteiger partial charge in [0.15, 0.2) is 0 Å². The molecule has 0 fully saturated rings. The van der Waals surface area contributed by atoms with Crippen LogP contribution in [0.25, 0.3) is 0 Å². The lowest BCUT2D eigenvalue weighted by Gasteiger charge is -2.23. The molecule has 3 N–H and O–H groups in total. The molecule has 0 aliphatic heterocycles. The molecule has 2 atom stereocenters. The Morgan fingerprint density at radius 2 is 1.00 bits per heavy atom. The summed E-state index contributed by atoms with van der Waals surface area (Å²) >= 11 is 0. The van der Waals surface area contributed by atoms with Crippen molar-refractivity contribution in [2.45, 2.75) is 174 Å². The van der Waals surface area contributed by atoms with E-state index in [-0.39, 0.29) is 12.3 Å². The molecule has 0 heterocycles. The SMILES string of the molecule is CC/C=C\C/C=C\C/C=C\C/C=C\C/C=C\C/C=C\CCCCC(=O)NC(CS(=O)(=O)O)C(O)CCCCCCCCCCCCCC. The summed E-state index contributed by atoms with van der Waals surface area (Å²) in [5.74, 6) is -0.961. The Hall–Kier alpha value is -2.22. The van der Waals surface area contributed by atoms with E-state index in [1.807, 2.05) is 0 Å². The van der Waals surface area contributed by atoms with Gasteiger partial charge in [-0.3, -0.25) is 9.35 Å². The Bertz CT molecular complexity index is 1030. The lowest BCUT2D eigenvalue weighted by molar-refractivity contribution is -0.122. The Morgan fingerprint density at radius 3 is 1.44 bits per heavy atom. The summed E-state index contributed by atoms with van der Waals surface area (Å²) in [6.07, 6.45) is 48.5. The zero-order valence-corrected chi connectivity index (χ0v) is 31.4. The van der Waals surface area contributed by atoms with Gasteiger partial charge >= 0.3 is 0 Å². The summed E-state index contributed by atoms with van der Waals surface area (Å²) in [6, 6.07) is -0.997. The normalized spacial score (nSPS) is 14.2. The van der Waals surface area contributed by atoms with Crippen molar-refractivity contribution in [1.82, 2.24) is 5.32 Å². The van der Waals surface area contributed by atoms with Gasteiger partial charge in [-0.25, -0.2) is 0 Å². The number of hydrogen-bond acceptors (Lipinski definition) is 4. The molecule has 0 saturated carbocycles. The molecule has 0 aromatic heterocycles. The van der Waals surface area contributed by atoms with Gasteiger partial charge in [-0.1, -0.05) is 164 Å². The minimum Gasteiger partial charge on any atom is -0.391 e. The maximum absolute atomic E-state index is 12.5. The smallest absolute Gasteiger partial charge is 0.266 e. The summed E-state index contributed by atoms with van der Waals surface area (Å²) in [6.45, 7) is 4.38. The highest BCUT2D eigenvalue weighted by Gasteiger charge is 2.26. The fourth-order valence-electron chi connectivity index (χ4n) is 5.34. The van der Waals surface area contributed by atoms with E-state index in [1.54, 1.807) is 0 Å². The zero-order valence-electron chi connectivity index (χ0n) is 30.6. The summed E-state index contributed by atoms with van der Waals surface area (Å²) in [7, 11) is -4.32. The number of aliphatic hydroxyl groups is 1. The molecule has 0 saturated heterocycles. The average molecular weight is 690 g/mol. The second kappa shape index (κ2) is 34.6. The molecule has 2 unspecified atom stereocenters. The number of nitrogens with one attached hydrogen (secondary N) is 1. The fraction of sp³-hybridized carbons (Fsp3) is 0.683. The van der Waals surface area contributed by atoms with E-state index in [0.29, 0.717) is 12.8 Å². The monoisotopic (exact) mass is 690 g/mol. The predicted octanol–water partition coefficient (Wildman–Crippen LogP) is 11.1. The molecule has 0 radical (unpaired) electrons. The number of rotatable bonds is 33. The van der Waals surface area contributed by atoms with Gasteiger partial charge in [0, 0.05) is 6.42 Å². The third kappa shape index (κ3) is 35.1. The van der Waals surface area contributed by atoms with Crippen LogP contribution in [0.3, 0.4) is 0 Å². The second-order valence-corrected chi connectivity index (χ2v) is 14.3. The summed E-state index contributed by atoms with van der Waals surface area (Å²) in [5.41, 5.74) is 0. The van der Waals surface area contributed by atoms with Crippen LogP contribution >= 0.6 is 0 Å². The van der Waals surface area contributed by atoms with Crippen LogP contribution in [-0.4, -0.2) is 41.9 Å². The molecule has 6 nitrogen and oxygen atoms in total. The molecule has 0 rings (SSSR count).